The number of ketones is 1. The van der Waals surface area contributed by atoms with E-state index in [1.807, 2.05) is 20.8 Å². The molecule has 2 atom stereocenters. The molecule has 1 saturated heterocycles. The van der Waals surface area contributed by atoms with E-state index in [9.17, 15) is 19.2 Å². The van der Waals surface area contributed by atoms with Crippen LogP contribution in [0.15, 0.2) is 24.3 Å². The Morgan fingerprint density at radius 3 is 2.52 bits per heavy atom. The Morgan fingerprint density at radius 1 is 1.21 bits per heavy atom. The van der Waals surface area contributed by atoms with Crippen LogP contribution >= 0.6 is 0 Å². The van der Waals surface area contributed by atoms with E-state index in [4.69, 9.17) is 0 Å². The van der Waals surface area contributed by atoms with E-state index in [-0.39, 0.29) is 36.0 Å². The van der Waals surface area contributed by atoms with E-state index in [2.05, 4.69) is 10.6 Å². The first-order chi connectivity index (χ1) is 13.7. The van der Waals surface area contributed by atoms with Gasteiger partial charge in [0.2, 0.25) is 5.91 Å². The van der Waals surface area contributed by atoms with Crippen molar-refractivity contribution in [1.29, 1.82) is 0 Å². The van der Waals surface area contributed by atoms with Crippen LogP contribution in [0, 0.1) is 11.8 Å². The maximum Gasteiger partial charge on any atom is 0.325 e. The molecule has 1 aliphatic heterocycles. The van der Waals surface area contributed by atoms with Crippen LogP contribution in [-0.2, 0) is 9.59 Å². The van der Waals surface area contributed by atoms with Crippen LogP contribution in [0.2, 0.25) is 0 Å². The molecule has 156 valence electrons. The summed E-state index contributed by atoms with van der Waals surface area (Å²) in [6.45, 7) is 5.64. The second-order valence-corrected chi connectivity index (χ2v) is 8.59. The van der Waals surface area contributed by atoms with Crippen molar-refractivity contribution in [2.24, 2.45) is 11.8 Å². The van der Waals surface area contributed by atoms with Crippen molar-refractivity contribution >= 4 is 29.3 Å². The molecule has 0 unspecified atom stereocenters. The van der Waals surface area contributed by atoms with Crippen LogP contribution in [0.4, 0.5) is 10.5 Å². The molecule has 2 aliphatic rings. The normalized spacial score (nSPS) is 24.1. The molecule has 1 aliphatic carbocycles. The second-order valence-electron chi connectivity index (χ2n) is 8.59. The monoisotopic (exact) mass is 399 g/mol. The molecule has 7 heteroatoms. The van der Waals surface area contributed by atoms with Crippen molar-refractivity contribution in [3.63, 3.8) is 0 Å². The second kappa shape index (κ2) is 8.35. The average Bonchev–Trinajstić information content (AvgIpc) is 2.89. The van der Waals surface area contributed by atoms with Crippen molar-refractivity contribution < 1.29 is 19.2 Å². The number of imide groups is 1. The van der Waals surface area contributed by atoms with Crippen LogP contribution in [0.1, 0.15) is 63.2 Å². The SMILES string of the molecule is CC(C)CC(=O)Nc1ccc(C(=O)CN2C(=O)N[C@@]3(CCCC[C@H]3C)C2=O)cc1. The van der Waals surface area contributed by atoms with Crippen LogP contribution in [-0.4, -0.2) is 40.6 Å². The number of nitrogens with one attached hydrogen (secondary N) is 2. The van der Waals surface area contributed by atoms with Gasteiger partial charge in [-0.3, -0.25) is 19.3 Å². The molecule has 4 amide bonds. The molecule has 1 saturated carbocycles. The first-order valence-electron chi connectivity index (χ1n) is 10.3. The molecule has 0 bridgehead atoms. The van der Waals surface area contributed by atoms with Gasteiger partial charge in [0.1, 0.15) is 5.54 Å². The van der Waals surface area contributed by atoms with E-state index >= 15 is 0 Å². The predicted octanol–water partition coefficient (Wildman–Crippen LogP) is 3.35. The Labute approximate surface area is 171 Å². The lowest BCUT2D eigenvalue weighted by Crippen LogP contribution is -2.54. The van der Waals surface area contributed by atoms with Crippen molar-refractivity contribution in [3.05, 3.63) is 29.8 Å². The standard InChI is InChI=1S/C22H29N3O4/c1-14(2)12-19(27)23-17-9-7-16(8-10-17)18(26)13-25-20(28)22(24-21(25)29)11-5-4-6-15(22)3/h7-10,14-15H,4-6,11-13H2,1-3H3,(H,23,27)(H,24,29)/t15-,22-/m1/s1. The number of hydrogen-bond donors (Lipinski definition) is 2. The minimum atomic E-state index is -0.861. The summed E-state index contributed by atoms with van der Waals surface area (Å²) in [5.41, 5.74) is 0.141. The summed E-state index contributed by atoms with van der Waals surface area (Å²) < 4.78 is 0. The molecule has 0 aromatic heterocycles. The lowest BCUT2D eigenvalue weighted by Gasteiger charge is -2.36. The van der Waals surface area contributed by atoms with Crippen molar-refractivity contribution in [2.45, 2.75) is 58.4 Å². The molecule has 29 heavy (non-hydrogen) atoms. The molecule has 0 radical (unpaired) electrons. The fourth-order valence-electron chi connectivity index (χ4n) is 4.20. The number of amides is 4. The first kappa shape index (κ1) is 21.0. The Balaban J connectivity index is 1.65. The number of benzene rings is 1. The highest BCUT2D eigenvalue weighted by Gasteiger charge is 2.55. The number of carbonyl (C=O) groups excluding carboxylic acids is 4. The van der Waals surface area contributed by atoms with Gasteiger partial charge in [0.25, 0.3) is 5.91 Å². The maximum absolute atomic E-state index is 13.0. The first-order valence-corrected chi connectivity index (χ1v) is 10.3. The zero-order valence-electron chi connectivity index (χ0n) is 17.3. The van der Waals surface area contributed by atoms with Crippen molar-refractivity contribution in [1.82, 2.24) is 10.2 Å². The highest BCUT2D eigenvalue weighted by molar-refractivity contribution is 6.11. The lowest BCUT2D eigenvalue weighted by atomic mass is 9.73. The third-order valence-corrected chi connectivity index (χ3v) is 5.89. The summed E-state index contributed by atoms with van der Waals surface area (Å²) >= 11 is 0. The highest BCUT2D eigenvalue weighted by Crippen LogP contribution is 2.38. The topological polar surface area (TPSA) is 95.6 Å². The number of anilines is 1. The molecule has 1 spiro atoms. The highest BCUT2D eigenvalue weighted by atomic mass is 16.2. The fourth-order valence-corrected chi connectivity index (χ4v) is 4.20. The van der Waals surface area contributed by atoms with Gasteiger partial charge in [0.05, 0.1) is 6.54 Å². The Morgan fingerprint density at radius 2 is 1.90 bits per heavy atom. The van der Waals surface area contributed by atoms with Crippen LogP contribution in [0.5, 0.6) is 0 Å². The molecular weight excluding hydrogens is 370 g/mol. The molecule has 3 rings (SSSR count). The van der Waals surface area contributed by atoms with Gasteiger partial charge in [0.15, 0.2) is 5.78 Å². The Kier molecular flexibility index (Phi) is 6.05. The third-order valence-electron chi connectivity index (χ3n) is 5.89. The third kappa shape index (κ3) is 4.33. The summed E-state index contributed by atoms with van der Waals surface area (Å²) in [5, 5.41) is 5.65. The molecular formula is C22H29N3O4. The van der Waals surface area contributed by atoms with E-state index in [1.165, 1.54) is 0 Å². The van der Waals surface area contributed by atoms with Crippen LogP contribution in [0.3, 0.4) is 0 Å². The number of urea groups is 1. The van der Waals surface area contributed by atoms with E-state index < -0.39 is 11.6 Å². The molecule has 1 aromatic carbocycles. The summed E-state index contributed by atoms with van der Waals surface area (Å²) in [7, 11) is 0. The number of rotatable bonds is 6. The number of Topliss-reactive ketones (excluding diaryl/α,β-unsaturated/α-hetero) is 1. The van der Waals surface area contributed by atoms with Gasteiger partial charge in [-0.05, 0) is 48.9 Å². The minimum absolute atomic E-state index is 0.0570. The number of hydrogen-bond acceptors (Lipinski definition) is 4. The summed E-state index contributed by atoms with van der Waals surface area (Å²) in [5.74, 6) is -0.364. The summed E-state index contributed by atoms with van der Waals surface area (Å²) in [4.78, 5) is 51.0. The predicted molar refractivity (Wildman–Crippen MR) is 109 cm³/mol. The van der Waals surface area contributed by atoms with E-state index in [1.54, 1.807) is 24.3 Å². The van der Waals surface area contributed by atoms with Crippen LogP contribution < -0.4 is 10.6 Å². The van der Waals surface area contributed by atoms with Gasteiger partial charge in [-0.1, -0.05) is 33.6 Å². The molecule has 2 N–H and O–H groups in total. The maximum atomic E-state index is 13.0. The summed E-state index contributed by atoms with van der Waals surface area (Å²) in [6, 6.07) is 6.02. The minimum Gasteiger partial charge on any atom is -0.326 e. The van der Waals surface area contributed by atoms with Gasteiger partial charge >= 0.3 is 6.03 Å². The number of carbonyl (C=O) groups is 4. The average molecular weight is 399 g/mol. The van der Waals surface area contributed by atoms with Gasteiger partial charge < -0.3 is 10.6 Å². The smallest absolute Gasteiger partial charge is 0.325 e. The van der Waals surface area contributed by atoms with Crippen molar-refractivity contribution in [3.8, 4) is 0 Å². The van der Waals surface area contributed by atoms with Crippen LogP contribution in [0.25, 0.3) is 0 Å². The molecule has 2 fully saturated rings. The largest absolute Gasteiger partial charge is 0.326 e. The zero-order valence-corrected chi connectivity index (χ0v) is 17.3. The van der Waals surface area contributed by atoms with Gasteiger partial charge in [-0.25, -0.2) is 4.79 Å². The van der Waals surface area contributed by atoms with Crippen molar-refractivity contribution in [2.75, 3.05) is 11.9 Å². The molecule has 1 heterocycles. The van der Waals surface area contributed by atoms with E-state index in [0.29, 0.717) is 24.1 Å². The molecule has 7 nitrogen and oxygen atoms in total. The number of nitrogens with zero attached hydrogens (tertiary/aromatic N) is 1. The van der Waals surface area contributed by atoms with Gasteiger partial charge in [-0.15, -0.1) is 0 Å². The Bertz CT molecular complexity index is 818. The lowest BCUT2D eigenvalue weighted by molar-refractivity contribution is -0.133. The van der Waals surface area contributed by atoms with Gasteiger partial charge in [-0.2, -0.15) is 0 Å². The van der Waals surface area contributed by atoms with Gasteiger partial charge in [0, 0.05) is 17.7 Å². The summed E-state index contributed by atoms with van der Waals surface area (Å²) in [6.07, 6.45) is 3.87. The Hall–Kier alpha value is -2.70. The van der Waals surface area contributed by atoms with E-state index in [0.717, 1.165) is 24.2 Å². The fraction of sp³-hybridized carbons (Fsp3) is 0.545. The molecule has 1 aromatic rings. The zero-order chi connectivity index (χ0) is 21.2. The quantitative estimate of drug-likeness (QED) is 0.566.